The van der Waals surface area contributed by atoms with E-state index in [0.29, 0.717) is 12.1 Å². The Kier molecular flexibility index (Phi) is 5.35. The van der Waals surface area contributed by atoms with E-state index in [9.17, 15) is 13.2 Å². The summed E-state index contributed by atoms with van der Waals surface area (Å²) in [6.07, 6.45) is 1.66. The molecule has 1 atom stereocenters. The number of carbonyl (C=O) groups is 1. The molecule has 0 saturated heterocycles. The third-order valence-corrected chi connectivity index (χ3v) is 8.68. The lowest BCUT2D eigenvalue weighted by Crippen LogP contribution is -2.36. The molecule has 6 nitrogen and oxygen atoms in total. The van der Waals surface area contributed by atoms with E-state index in [1.54, 1.807) is 23.9 Å². The average Bonchev–Trinajstić information content (AvgIpc) is 3.22. The minimum atomic E-state index is -3.70. The SMILES string of the molecule is Cc1cccc2c1NC(NC(=O)c1ccc(S(=O)(=O)N3CCCc4ccccc43)cc1)S2. The van der Waals surface area contributed by atoms with Gasteiger partial charge in [-0.15, -0.1) is 0 Å². The summed E-state index contributed by atoms with van der Waals surface area (Å²) in [5, 5.41) is 6.28. The van der Waals surface area contributed by atoms with Crippen LogP contribution in [0.4, 0.5) is 11.4 Å². The Bertz CT molecular complexity index is 1290. The van der Waals surface area contributed by atoms with Crippen molar-refractivity contribution in [3.05, 3.63) is 83.4 Å². The van der Waals surface area contributed by atoms with Gasteiger partial charge in [-0.1, -0.05) is 42.1 Å². The topological polar surface area (TPSA) is 78.5 Å². The molecule has 0 fully saturated rings. The normalized spacial score (nSPS) is 17.3. The number of para-hydroxylation sites is 2. The van der Waals surface area contributed by atoms with E-state index in [-0.39, 0.29) is 16.3 Å². The predicted octanol–water partition coefficient (Wildman–Crippen LogP) is 4.37. The van der Waals surface area contributed by atoms with Gasteiger partial charge in [0.2, 0.25) is 0 Å². The fraction of sp³-hybridized carbons (Fsp3) is 0.208. The number of rotatable bonds is 4. The van der Waals surface area contributed by atoms with Crippen molar-refractivity contribution in [2.24, 2.45) is 0 Å². The van der Waals surface area contributed by atoms with Crippen LogP contribution in [-0.4, -0.2) is 26.4 Å². The molecular formula is C24H23N3O3S2. The summed E-state index contributed by atoms with van der Waals surface area (Å²) in [5.41, 5.74) is 4.08. The second-order valence-electron chi connectivity index (χ2n) is 7.90. The van der Waals surface area contributed by atoms with Crippen molar-refractivity contribution in [2.45, 2.75) is 35.1 Å². The molecule has 2 aliphatic heterocycles. The minimum absolute atomic E-state index is 0.183. The summed E-state index contributed by atoms with van der Waals surface area (Å²) in [6, 6.07) is 19.8. The monoisotopic (exact) mass is 465 g/mol. The number of aryl methyl sites for hydroxylation is 2. The van der Waals surface area contributed by atoms with E-state index >= 15 is 0 Å². The number of fused-ring (bicyclic) bond motifs is 2. The number of nitrogens with one attached hydrogen (secondary N) is 2. The number of hydrogen-bond acceptors (Lipinski definition) is 5. The summed E-state index contributed by atoms with van der Waals surface area (Å²) >= 11 is 1.55. The number of carbonyl (C=O) groups excluding carboxylic acids is 1. The highest BCUT2D eigenvalue weighted by Gasteiger charge is 2.29. The Morgan fingerprint density at radius 3 is 2.62 bits per heavy atom. The lowest BCUT2D eigenvalue weighted by Gasteiger charge is -2.30. The number of hydrogen-bond donors (Lipinski definition) is 2. The molecule has 2 N–H and O–H groups in total. The van der Waals surface area contributed by atoms with Gasteiger partial charge < -0.3 is 10.6 Å². The quantitative estimate of drug-likeness (QED) is 0.598. The van der Waals surface area contributed by atoms with Gasteiger partial charge in [0.05, 0.1) is 16.3 Å². The van der Waals surface area contributed by atoms with Crippen LogP contribution in [0.2, 0.25) is 0 Å². The van der Waals surface area contributed by atoms with Crippen molar-refractivity contribution in [3.63, 3.8) is 0 Å². The molecule has 0 spiro atoms. The molecule has 1 amide bonds. The Morgan fingerprint density at radius 2 is 1.84 bits per heavy atom. The number of anilines is 2. The van der Waals surface area contributed by atoms with E-state index in [4.69, 9.17) is 0 Å². The molecule has 0 radical (unpaired) electrons. The van der Waals surface area contributed by atoms with Crippen molar-refractivity contribution in [2.75, 3.05) is 16.2 Å². The van der Waals surface area contributed by atoms with Crippen LogP contribution < -0.4 is 14.9 Å². The molecule has 2 heterocycles. The highest BCUT2D eigenvalue weighted by atomic mass is 32.2. The number of nitrogens with zero attached hydrogens (tertiary/aromatic N) is 1. The van der Waals surface area contributed by atoms with Gasteiger partial charge in [-0.25, -0.2) is 8.42 Å². The maximum absolute atomic E-state index is 13.3. The van der Waals surface area contributed by atoms with E-state index in [2.05, 4.69) is 10.6 Å². The molecular weight excluding hydrogens is 442 g/mol. The highest BCUT2D eigenvalue weighted by molar-refractivity contribution is 8.00. The summed E-state index contributed by atoms with van der Waals surface area (Å²) in [4.78, 5) is 14.0. The van der Waals surface area contributed by atoms with E-state index in [1.807, 2.05) is 49.4 Å². The molecule has 5 rings (SSSR count). The highest BCUT2D eigenvalue weighted by Crippen LogP contribution is 2.39. The first-order chi connectivity index (χ1) is 15.4. The van der Waals surface area contributed by atoms with Crippen LogP contribution in [0.5, 0.6) is 0 Å². The zero-order valence-corrected chi connectivity index (χ0v) is 19.2. The summed E-state index contributed by atoms with van der Waals surface area (Å²) in [6.45, 7) is 2.47. The van der Waals surface area contributed by atoms with Crippen molar-refractivity contribution in [1.29, 1.82) is 0 Å². The number of thioether (sulfide) groups is 1. The zero-order chi connectivity index (χ0) is 22.3. The number of benzene rings is 3. The fourth-order valence-electron chi connectivity index (χ4n) is 4.13. The maximum Gasteiger partial charge on any atom is 0.264 e. The Hall–Kier alpha value is -2.97. The van der Waals surface area contributed by atoms with Gasteiger partial charge in [0.25, 0.3) is 15.9 Å². The molecule has 3 aromatic carbocycles. The van der Waals surface area contributed by atoms with E-state index < -0.39 is 10.0 Å². The molecule has 1 unspecified atom stereocenters. The Labute approximate surface area is 192 Å². The van der Waals surface area contributed by atoms with Gasteiger partial charge in [-0.3, -0.25) is 9.10 Å². The second-order valence-corrected chi connectivity index (χ2v) is 10.9. The van der Waals surface area contributed by atoms with Crippen molar-refractivity contribution in [1.82, 2.24) is 5.32 Å². The van der Waals surface area contributed by atoms with Gasteiger partial charge in [0.1, 0.15) is 0 Å². The molecule has 0 bridgehead atoms. The molecule has 0 aliphatic carbocycles. The molecule has 0 saturated carbocycles. The first kappa shape index (κ1) is 20.9. The first-order valence-corrected chi connectivity index (χ1v) is 12.8. The summed E-state index contributed by atoms with van der Waals surface area (Å²) < 4.78 is 28.0. The third-order valence-electron chi connectivity index (χ3n) is 5.79. The Balaban J connectivity index is 1.31. The molecule has 164 valence electrons. The van der Waals surface area contributed by atoms with Crippen molar-refractivity contribution < 1.29 is 13.2 Å². The zero-order valence-electron chi connectivity index (χ0n) is 17.5. The minimum Gasteiger partial charge on any atom is -0.355 e. The van der Waals surface area contributed by atoms with Crippen LogP contribution in [-0.2, 0) is 16.4 Å². The lowest BCUT2D eigenvalue weighted by atomic mass is 10.0. The van der Waals surface area contributed by atoms with Crippen LogP contribution in [0.25, 0.3) is 0 Å². The standard InChI is InChI=1S/C24H23N3O3S2/c1-16-6-4-10-21-22(16)25-24(31-21)26-23(28)18-11-13-19(14-12-18)32(29,30)27-15-5-8-17-7-2-3-9-20(17)27/h2-4,6-7,9-14,24-25H,5,8,15H2,1H3,(H,26,28). The lowest BCUT2D eigenvalue weighted by molar-refractivity contribution is 0.0953. The fourth-order valence-corrected chi connectivity index (χ4v) is 6.77. The summed E-state index contributed by atoms with van der Waals surface area (Å²) in [7, 11) is -3.70. The van der Waals surface area contributed by atoms with Crippen LogP contribution in [0.1, 0.15) is 27.9 Å². The number of sulfonamides is 1. The van der Waals surface area contributed by atoms with Crippen LogP contribution in [0.15, 0.2) is 76.5 Å². The largest absolute Gasteiger partial charge is 0.355 e. The van der Waals surface area contributed by atoms with Crippen LogP contribution >= 0.6 is 11.8 Å². The van der Waals surface area contributed by atoms with Gasteiger partial charge in [-0.05, 0) is 67.3 Å². The smallest absolute Gasteiger partial charge is 0.264 e. The molecule has 32 heavy (non-hydrogen) atoms. The van der Waals surface area contributed by atoms with Gasteiger partial charge >= 0.3 is 0 Å². The maximum atomic E-state index is 13.3. The van der Waals surface area contributed by atoms with Crippen molar-refractivity contribution in [3.8, 4) is 0 Å². The van der Waals surface area contributed by atoms with Gasteiger partial charge in [0, 0.05) is 17.0 Å². The van der Waals surface area contributed by atoms with E-state index in [1.165, 1.54) is 16.4 Å². The van der Waals surface area contributed by atoms with Crippen molar-refractivity contribution >= 4 is 39.1 Å². The molecule has 8 heteroatoms. The summed E-state index contributed by atoms with van der Waals surface area (Å²) in [5.74, 6) is -0.257. The van der Waals surface area contributed by atoms with E-state index in [0.717, 1.165) is 40.2 Å². The third kappa shape index (κ3) is 3.73. The van der Waals surface area contributed by atoms with Gasteiger partial charge in [0.15, 0.2) is 5.50 Å². The Morgan fingerprint density at radius 1 is 1.06 bits per heavy atom. The molecule has 2 aliphatic rings. The van der Waals surface area contributed by atoms with Crippen LogP contribution in [0.3, 0.4) is 0 Å². The second kappa shape index (κ2) is 8.18. The molecule has 3 aromatic rings. The van der Waals surface area contributed by atoms with Gasteiger partial charge in [-0.2, -0.15) is 0 Å². The predicted molar refractivity (Wildman–Crippen MR) is 128 cm³/mol. The average molecular weight is 466 g/mol. The molecule has 0 aromatic heterocycles. The van der Waals surface area contributed by atoms with Crippen LogP contribution in [0, 0.1) is 6.92 Å². The number of amides is 1. The first-order valence-electron chi connectivity index (χ1n) is 10.5.